The van der Waals surface area contributed by atoms with Crippen molar-refractivity contribution in [3.8, 4) is 0 Å². The van der Waals surface area contributed by atoms with Crippen LogP contribution < -0.4 is 17.5 Å². The summed E-state index contributed by atoms with van der Waals surface area (Å²) >= 11 is -2.36. The van der Waals surface area contributed by atoms with Crippen molar-refractivity contribution in [3.05, 3.63) is 0 Å². The molecule has 1 aliphatic heterocycles. The minimum Gasteiger partial charge on any atom is -1.00 e. The number of likely N-dealkylation sites (tertiary alicyclic amines) is 1. The van der Waals surface area contributed by atoms with Crippen LogP contribution in [0.3, 0.4) is 0 Å². The fourth-order valence-corrected chi connectivity index (χ4v) is 1.37. The van der Waals surface area contributed by atoms with E-state index in [4.69, 9.17) is 8.76 Å². The van der Waals surface area contributed by atoms with Crippen molar-refractivity contribution >= 4 is 11.3 Å². The van der Waals surface area contributed by atoms with Gasteiger partial charge in [0.1, 0.15) is 0 Å². The van der Waals surface area contributed by atoms with Crippen LogP contribution >= 0.6 is 0 Å². The number of nitrogens with zero attached hydrogens (tertiary/aromatic N) is 1. The van der Waals surface area contributed by atoms with Crippen LogP contribution in [-0.4, -0.2) is 40.4 Å². The van der Waals surface area contributed by atoms with E-state index in [9.17, 15) is 0 Å². The summed E-state index contributed by atoms with van der Waals surface area (Å²) < 4.78 is 18.8. The molecule has 82 valence electrons. The van der Waals surface area contributed by atoms with Crippen LogP contribution in [0.5, 0.6) is 0 Å². The molecule has 1 heterocycles. The molecule has 1 saturated heterocycles. The lowest BCUT2D eigenvalue weighted by atomic mass is 10.1. The van der Waals surface area contributed by atoms with Gasteiger partial charge in [-0.3, -0.25) is 9.35 Å². The molecule has 1 unspecified atom stereocenters. The lowest BCUT2D eigenvalue weighted by molar-refractivity contribution is -0.894. The second-order valence-electron chi connectivity index (χ2n) is 3.70. The molecular weight excluding hydrogens is 212 g/mol. The van der Waals surface area contributed by atoms with Crippen molar-refractivity contribution in [1.82, 2.24) is 0 Å². The molecule has 0 bridgehead atoms. The lowest BCUT2D eigenvalue weighted by Crippen LogP contribution is -3.00. The van der Waals surface area contributed by atoms with Crippen molar-refractivity contribution in [1.29, 1.82) is 0 Å². The Morgan fingerprint density at radius 3 is 1.69 bits per heavy atom. The van der Waals surface area contributed by atoms with E-state index in [2.05, 4.69) is 19.2 Å². The Balaban J connectivity index is 0. The number of halogens is 1. The van der Waals surface area contributed by atoms with E-state index in [1.54, 1.807) is 0 Å². The molecule has 0 aromatic rings. The number of piperidine rings is 1. The zero-order valence-corrected chi connectivity index (χ0v) is 9.74. The first-order valence-corrected chi connectivity index (χ1v) is 5.23. The minimum absolute atomic E-state index is 0. The zero-order valence-electron chi connectivity index (χ0n) is 8.16. The van der Waals surface area contributed by atoms with Gasteiger partial charge >= 0.3 is 0 Å². The largest absolute Gasteiger partial charge is 1.00 e. The SMILES string of the molecule is C[N+]1(C)CCCCC1.NS(=O)[O-].[Cl-]. The number of hydrogen-bond donors (Lipinski definition) is 1. The van der Waals surface area contributed by atoms with Gasteiger partial charge in [-0.05, 0) is 19.3 Å². The molecule has 13 heavy (non-hydrogen) atoms. The van der Waals surface area contributed by atoms with Gasteiger partial charge < -0.3 is 21.4 Å². The average Bonchev–Trinajstić information content (AvgIpc) is 1.85. The maximum atomic E-state index is 8.78. The quantitative estimate of drug-likeness (QED) is 0.355. The normalized spacial score (nSPS) is 21.8. The fraction of sp³-hybridized carbons (Fsp3) is 1.00. The monoisotopic (exact) mass is 229 g/mol. The summed E-state index contributed by atoms with van der Waals surface area (Å²) in [5, 5.41) is 4.03. The number of hydrogen-bond acceptors (Lipinski definition) is 2. The van der Waals surface area contributed by atoms with Crippen molar-refractivity contribution < 1.29 is 25.7 Å². The van der Waals surface area contributed by atoms with Gasteiger partial charge in [0.25, 0.3) is 0 Å². The third-order valence-corrected chi connectivity index (χ3v) is 2.03. The van der Waals surface area contributed by atoms with E-state index in [1.807, 2.05) is 0 Å². The summed E-state index contributed by atoms with van der Waals surface area (Å²) in [5.41, 5.74) is 0. The maximum Gasteiger partial charge on any atom is 0.0782 e. The van der Waals surface area contributed by atoms with E-state index in [-0.39, 0.29) is 12.4 Å². The van der Waals surface area contributed by atoms with Gasteiger partial charge in [0.2, 0.25) is 0 Å². The van der Waals surface area contributed by atoms with Crippen molar-refractivity contribution in [2.24, 2.45) is 5.14 Å². The van der Waals surface area contributed by atoms with E-state index >= 15 is 0 Å². The van der Waals surface area contributed by atoms with Crippen LogP contribution in [0.15, 0.2) is 0 Å². The minimum atomic E-state index is -2.36. The van der Waals surface area contributed by atoms with Gasteiger partial charge in [-0.25, -0.2) is 0 Å². The molecule has 0 aliphatic carbocycles. The topological polar surface area (TPSA) is 66.2 Å². The van der Waals surface area contributed by atoms with Crippen molar-refractivity contribution in [2.45, 2.75) is 19.3 Å². The predicted octanol–water partition coefficient (Wildman–Crippen LogP) is -3.01. The molecule has 0 spiro atoms. The molecule has 0 aromatic heterocycles. The molecule has 1 rings (SSSR count). The highest BCUT2D eigenvalue weighted by Crippen LogP contribution is 2.12. The van der Waals surface area contributed by atoms with Crippen molar-refractivity contribution in [2.75, 3.05) is 27.2 Å². The molecule has 1 aliphatic rings. The summed E-state index contributed by atoms with van der Waals surface area (Å²) in [6, 6.07) is 0. The van der Waals surface area contributed by atoms with Gasteiger partial charge in [0.15, 0.2) is 0 Å². The third-order valence-electron chi connectivity index (χ3n) is 2.03. The van der Waals surface area contributed by atoms with Gasteiger partial charge in [0, 0.05) is 11.3 Å². The highest BCUT2D eigenvalue weighted by atomic mass is 35.5. The zero-order chi connectivity index (χ0) is 9.61. The Morgan fingerprint density at radius 2 is 1.54 bits per heavy atom. The van der Waals surface area contributed by atoms with Gasteiger partial charge in [-0.1, -0.05) is 0 Å². The average molecular weight is 230 g/mol. The van der Waals surface area contributed by atoms with Gasteiger partial charge in [-0.15, -0.1) is 0 Å². The Kier molecular flexibility index (Phi) is 9.34. The summed E-state index contributed by atoms with van der Waals surface area (Å²) in [6.07, 6.45) is 4.34. The molecule has 0 aromatic carbocycles. The second-order valence-corrected chi connectivity index (χ2v) is 4.23. The number of rotatable bonds is 0. The summed E-state index contributed by atoms with van der Waals surface area (Å²) in [6.45, 7) is 2.78. The highest BCUT2D eigenvalue weighted by Gasteiger charge is 2.17. The van der Waals surface area contributed by atoms with Crippen LogP contribution in [0.25, 0.3) is 0 Å². The van der Waals surface area contributed by atoms with E-state index in [1.165, 1.54) is 36.8 Å². The summed E-state index contributed by atoms with van der Waals surface area (Å²) in [7, 11) is 4.64. The second kappa shape index (κ2) is 7.70. The Labute approximate surface area is 88.9 Å². The van der Waals surface area contributed by atoms with Crippen LogP contribution in [0, 0.1) is 0 Å². The predicted molar refractivity (Wildman–Crippen MR) is 48.8 cm³/mol. The molecule has 1 fully saturated rings. The van der Waals surface area contributed by atoms with E-state index in [0.29, 0.717) is 0 Å². The Bertz CT molecular complexity index is 143. The first kappa shape index (κ1) is 15.8. The smallest absolute Gasteiger partial charge is 0.0782 e. The van der Waals surface area contributed by atoms with Crippen LogP contribution in [0.2, 0.25) is 0 Å². The molecule has 4 nitrogen and oxygen atoms in total. The third kappa shape index (κ3) is 12.3. The lowest BCUT2D eigenvalue weighted by Gasteiger charge is -2.33. The molecule has 0 radical (unpaired) electrons. The van der Waals surface area contributed by atoms with Gasteiger partial charge in [0.05, 0.1) is 27.2 Å². The Hall–Kier alpha value is 0.320. The molecular formula is C7H18ClN2O2S-. The van der Waals surface area contributed by atoms with Crippen molar-refractivity contribution in [3.63, 3.8) is 0 Å². The Morgan fingerprint density at radius 1 is 1.23 bits per heavy atom. The van der Waals surface area contributed by atoms with Crippen LogP contribution in [0.4, 0.5) is 0 Å². The molecule has 0 saturated carbocycles. The summed E-state index contributed by atoms with van der Waals surface area (Å²) in [4.78, 5) is 0. The molecule has 2 N–H and O–H groups in total. The maximum absolute atomic E-state index is 8.78. The standard InChI is InChI=1S/C7H16N.ClH.H3NO2S/c1-8(2)6-4-3-5-7-8;;1-4(2)3/h3-7H2,1-2H3;1H;1H2,(H,2,3)/q+1;;/p-2. The number of nitrogens with two attached hydrogens (primary N) is 1. The number of quaternary nitrogens is 1. The fourth-order valence-electron chi connectivity index (χ4n) is 1.37. The molecule has 1 atom stereocenters. The van der Waals surface area contributed by atoms with E-state index in [0.717, 1.165) is 0 Å². The summed E-state index contributed by atoms with van der Waals surface area (Å²) in [5.74, 6) is 0. The molecule has 6 heteroatoms. The van der Waals surface area contributed by atoms with Crippen LogP contribution in [-0.2, 0) is 11.3 Å². The first-order valence-electron chi connectivity index (χ1n) is 4.10. The van der Waals surface area contributed by atoms with Gasteiger partial charge in [-0.2, -0.15) is 0 Å². The van der Waals surface area contributed by atoms with Crippen LogP contribution in [0.1, 0.15) is 19.3 Å². The molecule has 0 amide bonds. The first-order chi connectivity index (χ1) is 5.44. The highest BCUT2D eigenvalue weighted by molar-refractivity contribution is 7.76. The van der Waals surface area contributed by atoms with E-state index < -0.39 is 11.3 Å².